The number of hydrogen-bond donors (Lipinski definition) is 1. The second kappa shape index (κ2) is 12.7. The molecule has 0 aliphatic carbocycles. The lowest BCUT2D eigenvalue weighted by Gasteiger charge is -2.05. The summed E-state index contributed by atoms with van der Waals surface area (Å²) in [5.41, 5.74) is 1.26. The highest BCUT2D eigenvalue weighted by Crippen LogP contribution is 2.17. The van der Waals surface area contributed by atoms with Gasteiger partial charge < -0.3 is 14.2 Å². The van der Waals surface area contributed by atoms with Crippen molar-refractivity contribution in [3.63, 3.8) is 0 Å². The third-order valence-corrected chi connectivity index (χ3v) is 4.81. The molecule has 3 rings (SSSR count). The van der Waals surface area contributed by atoms with Gasteiger partial charge in [0.25, 0.3) is 0 Å². The molecule has 0 saturated heterocycles. The lowest BCUT2D eigenvalue weighted by Crippen LogP contribution is -2.21. The van der Waals surface area contributed by atoms with E-state index in [0.717, 1.165) is 22.5 Å². The van der Waals surface area contributed by atoms with Crippen molar-refractivity contribution in [2.45, 2.75) is 20.1 Å². The largest absolute Gasteiger partial charge is 0.535 e. The fraction of sp³-hybridized carbons (Fsp3) is 0.174. The quantitative estimate of drug-likeness (QED) is 0.155. The number of nitrogens with one attached hydrogen (secondary N) is 1. The maximum Gasteiger partial charge on any atom is 0.535 e. The number of anilines is 1. The first-order valence-electron chi connectivity index (χ1n) is 10.1. The molecule has 1 aromatic heterocycles. The molecule has 2 aromatic carbocycles. The molecule has 0 spiro atoms. The predicted molar refractivity (Wildman–Crippen MR) is 123 cm³/mol. The van der Waals surface area contributed by atoms with E-state index in [1.54, 1.807) is 31.2 Å². The van der Waals surface area contributed by atoms with Gasteiger partial charge in [-0.25, -0.2) is 19.4 Å². The molecule has 0 aliphatic heterocycles. The van der Waals surface area contributed by atoms with Crippen LogP contribution in [0.25, 0.3) is 0 Å². The molecule has 0 atom stereocenters. The van der Waals surface area contributed by atoms with Gasteiger partial charge >= 0.3 is 18.2 Å². The summed E-state index contributed by atoms with van der Waals surface area (Å²) in [4.78, 5) is 45.0. The van der Waals surface area contributed by atoms with Gasteiger partial charge in [-0.2, -0.15) is 0 Å². The maximum atomic E-state index is 12.3. The third kappa shape index (κ3) is 7.71. The number of carbonyl (C=O) groups is 3. The summed E-state index contributed by atoms with van der Waals surface area (Å²) in [6, 6.07) is 18.1. The maximum absolute atomic E-state index is 12.3. The minimum absolute atomic E-state index is 0.0280. The van der Waals surface area contributed by atoms with Crippen LogP contribution in [0.2, 0.25) is 0 Å². The van der Waals surface area contributed by atoms with Crippen LogP contribution in [-0.2, 0) is 37.1 Å². The number of hydrogen-bond acceptors (Lipinski definition) is 10. The van der Waals surface area contributed by atoms with Crippen molar-refractivity contribution in [1.29, 1.82) is 0 Å². The number of thiazole rings is 1. The van der Waals surface area contributed by atoms with E-state index in [1.165, 1.54) is 5.38 Å². The highest BCUT2D eigenvalue weighted by Gasteiger charge is 2.22. The normalized spacial score (nSPS) is 10.8. The number of aromatic nitrogens is 1. The fourth-order valence-electron chi connectivity index (χ4n) is 2.50. The van der Waals surface area contributed by atoms with Crippen LogP contribution in [0, 0.1) is 0 Å². The second-order valence-corrected chi connectivity index (χ2v) is 7.36. The molecule has 1 N–H and O–H groups in total. The van der Waals surface area contributed by atoms with Gasteiger partial charge in [0.2, 0.25) is 5.71 Å². The van der Waals surface area contributed by atoms with E-state index in [4.69, 9.17) is 19.0 Å². The first-order valence-corrected chi connectivity index (χ1v) is 11.0. The lowest BCUT2D eigenvalue weighted by atomic mass is 10.2. The first kappa shape index (κ1) is 24.4. The van der Waals surface area contributed by atoms with Crippen LogP contribution in [0.5, 0.6) is 0 Å². The van der Waals surface area contributed by atoms with Gasteiger partial charge in [-0.1, -0.05) is 65.8 Å². The van der Waals surface area contributed by atoms with Gasteiger partial charge in [0.1, 0.15) is 18.9 Å². The number of oxime groups is 1. The summed E-state index contributed by atoms with van der Waals surface area (Å²) in [5.74, 6) is -0.859. The van der Waals surface area contributed by atoms with Crippen LogP contribution in [0.15, 0.2) is 71.2 Å². The highest BCUT2D eigenvalue weighted by atomic mass is 32.1. The topological polar surface area (TPSA) is 125 Å². The number of benzene rings is 2. The van der Waals surface area contributed by atoms with Crippen molar-refractivity contribution in [3.05, 3.63) is 82.9 Å². The molecule has 3 aromatic rings. The van der Waals surface area contributed by atoms with Gasteiger partial charge in [-0.15, -0.1) is 11.3 Å². The molecule has 176 valence electrons. The van der Waals surface area contributed by atoms with Gasteiger partial charge in [0.05, 0.1) is 6.61 Å². The van der Waals surface area contributed by atoms with Gasteiger partial charge in [0, 0.05) is 5.38 Å². The van der Waals surface area contributed by atoms with Crippen molar-refractivity contribution in [2.24, 2.45) is 5.16 Å². The Labute approximate surface area is 199 Å². The molecule has 0 radical (unpaired) electrons. The second-order valence-electron chi connectivity index (χ2n) is 6.50. The van der Waals surface area contributed by atoms with Crippen LogP contribution in [0.1, 0.15) is 23.7 Å². The molecular formula is C23H21N3O7S. The highest BCUT2D eigenvalue weighted by molar-refractivity contribution is 7.14. The van der Waals surface area contributed by atoms with Crippen molar-refractivity contribution in [1.82, 2.24) is 4.98 Å². The SMILES string of the molecule is CCOC(=O)C(=NOC(=O)OCc1ccccc1)c1csc(NC(=O)OCc2ccccc2)n1. The summed E-state index contributed by atoms with van der Waals surface area (Å²) >= 11 is 1.02. The number of amides is 1. The van der Waals surface area contributed by atoms with E-state index in [2.05, 4.69) is 15.5 Å². The van der Waals surface area contributed by atoms with E-state index < -0.39 is 18.2 Å². The molecule has 0 bridgehead atoms. The van der Waals surface area contributed by atoms with E-state index in [-0.39, 0.29) is 36.4 Å². The molecule has 0 aliphatic rings. The zero-order valence-electron chi connectivity index (χ0n) is 18.1. The van der Waals surface area contributed by atoms with Crippen LogP contribution in [-0.4, -0.2) is 35.5 Å². The third-order valence-electron chi connectivity index (χ3n) is 4.05. The lowest BCUT2D eigenvalue weighted by molar-refractivity contribution is -0.135. The monoisotopic (exact) mass is 483 g/mol. The molecule has 0 unspecified atom stereocenters. The van der Waals surface area contributed by atoms with E-state index in [1.807, 2.05) is 36.4 Å². The van der Waals surface area contributed by atoms with E-state index in [9.17, 15) is 14.4 Å². The minimum Gasteiger partial charge on any atom is -0.461 e. The Morgan fingerprint density at radius 2 is 1.53 bits per heavy atom. The molecule has 1 heterocycles. The predicted octanol–water partition coefficient (Wildman–Crippen LogP) is 4.51. The van der Waals surface area contributed by atoms with E-state index >= 15 is 0 Å². The van der Waals surface area contributed by atoms with E-state index in [0.29, 0.717) is 0 Å². The molecular weight excluding hydrogens is 462 g/mol. The van der Waals surface area contributed by atoms with Gasteiger partial charge in [-0.3, -0.25) is 10.2 Å². The minimum atomic E-state index is -1.11. The molecule has 0 saturated carbocycles. The molecule has 34 heavy (non-hydrogen) atoms. The fourth-order valence-corrected chi connectivity index (χ4v) is 3.18. The number of rotatable bonds is 9. The standard InChI is InChI=1S/C23H21N3O7S/c1-2-30-20(27)19(26-33-23(29)32-14-17-11-7-4-8-12-17)18-15-34-21(24-18)25-22(28)31-13-16-9-5-3-6-10-16/h3-12,15H,2,13-14H2,1H3,(H,24,25,28). The Morgan fingerprint density at radius 3 is 2.15 bits per heavy atom. The summed E-state index contributed by atoms with van der Waals surface area (Å²) < 4.78 is 15.1. The van der Waals surface area contributed by atoms with Crippen LogP contribution >= 0.6 is 11.3 Å². The molecule has 11 heteroatoms. The zero-order valence-corrected chi connectivity index (χ0v) is 18.9. The van der Waals surface area contributed by atoms with Gasteiger partial charge in [0.15, 0.2) is 5.13 Å². The van der Waals surface area contributed by atoms with Crippen molar-refractivity contribution < 1.29 is 33.4 Å². The Kier molecular flexibility index (Phi) is 9.11. The van der Waals surface area contributed by atoms with Crippen LogP contribution in [0.4, 0.5) is 14.7 Å². The average molecular weight is 484 g/mol. The zero-order chi connectivity index (χ0) is 24.2. The van der Waals surface area contributed by atoms with Crippen LogP contribution in [0.3, 0.4) is 0 Å². The van der Waals surface area contributed by atoms with Crippen molar-refractivity contribution >= 4 is 40.4 Å². The number of esters is 1. The molecule has 0 fully saturated rings. The van der Waals surface area contributed by atoms with Crippen molar-refractivity contribution in [3.8, 4) is 0 Å². The average Bonchev–Trinajstić information content (AvgIpc) is 3.31. The summed E-state index contributed by atoms with van der Waals surface area (Å²) in [6.07, 6.45) is -1.83. The van der Waals surface area contributed by atoms with Crippen molar-refractivity contribution in [2.75, 3.05) is 11.9 Å². The number of nitrogens with zero attached hydrogens (tertiary/aromatic N) is 2. The number of carbonyl (C=O) groups excluding carboxylic acids is 3. The van der Waals surface area contributed by atoms with Crippen LogP contribution < -0.4 is 5.32 Å². The van der Waals surface area contributed by atoms with Gasteiger partial charge in [-0.05, 0) is 18.1 Å². The Bertz CT molecular complexity index is 1130. The number of ether oxygens (including phenoxy) is 3. The Balaban J connectivity index is 1.60. The molecule has 1 amide bonds. The Hall–Kier alpha value is -4.25. The molecule has 10 nitrogen and oxygen atoms in total. The smallest absolute Gasteiger partial charge is 0.461 e. The summed E-state index contributed by atoms with van der Waals surface area (Å²) in [7, 11) is 0. The first-order chi connectivity index (χ1) is 16.5. The Morgan fingerprint density at radius 1 is 0.912 bits per heavy atom. The summed E-state index contributed by atoms with van der Waals surface area (Å²) in [6.45, 7) is 1.73. The summed E-state index contributed by atoms with van der Waals surface area (Å²) in [5, 5.41) is 7.62.